The maximum absolute atomic E-state index is 12.7. The number of benzene rings is 1. The second kappa shape index (κ2) is 6.77. The van der Waals surface area contributed by atoms with Crippen LogP contribution in [0.5, 0.6) is 5.88 Å². The van der Waals surface area contributed by atoms with Gasteiger partial charge in [0.2, 0.25) is 10.9 Å². The SMILES string of the molecule is CCn1c(O)c(N=Nc2c(C)n(C)n(-c3ccccc3)c2=O)sc1=S. The number of hydrogen-bond donors (Lipinski definition) is 1. The maximum atomic E-state index is 12.7. The van der Waals surface area contributed by atoms with Gasteiger partial charge < -0.3 is 5.11 Å². The summed E-state index contributed by atoms with van der Waals surface area (Å²) in [4.78, 5) is 12.7. The van der Waals surface area contributed by atoms with Crippen LogP contribution in [0.15, 0.2) is 45.4 Å². The fraction of sp³-hybridized carbons (Fsp3) is 0.250. The van der Waals surface area contributed by atoms with Gasteiger partial charge in [0.15, 0.2) is 9.64 Å². The van der Waals surface area contributed by atoms with E-state index < -0.39 is 0 Å². The molecule has 1 aromatic carbocycles. The Morgan fingerprint density at radius 2 is 1.92 bits per heavy atom. The highest BCUT2D eigenvalue weighted by atomic mass is 32.1. The van der Waals surface area contributed by atoms with Crippen LogP contribution in [-0.2, 0) is 13.6 Å². The molecular formula is C16H17N5O2S2. The van der Waals surface area contributed by atoms with Crippen molar-refractivity contribution in [1.82, 2.24) is 13.9 Å². The predicted molar refractivity (Wildman–Crippen MR) is 100 cm³/mol. The number of rotatable bonds is 4. The van der Waals surface area contributed by atoms with Gasteiger partial charge in [-0.05, 0) is 38.2 Å². The zero-order valence-corrected chi connectivity index (χ0v) is 15.6. The van der Waals surface area contributed by atoms with E-state index in [1.165, 1.54) is 4.68 Å². The fourth-order valence-electron chi connectivity index (χ4n) is 2.49. The van der Waals surface area contributed by atoms with Crippen molar-refractivity contribution in [1.29, 1.82) is 0 Å². The predicted octanol–water partition coefficient (Wildman–Crippen LogP) is 4.22. The van der Waals surface area contributed by atoms with Crippen LogP contribution < -0.4 is 5.56 Å². The number of nitrogens with zero attached hydrogens (tertiary/aromatic N) is 5. The average molecular weight is 375 g/mol. The molecule has 25 heavy (non-hydrogen) atoms. The van der Waals surface area contributed by atoms with Crippen molar-refractivity contribution in [3.8, 4) is 11.6 Å². The van der Waals surface area contributed by atoms with Crippen molar-refractivity contribution < 1.29 is 5.11 Å². The summed E-state index contributed by atoms with van der Waals surface area (Å²) in [6, 6.07) is 9.31. The quantitative estimate of drug-likeness (QED) is 0.548. The third kappa shape index (κ3) is 2.96. The van der Waals surface area contributed by atoms with E-state index in [-0.39, 0.29) is 17.1 Å². The Kier molecular flexibility index (Phi) is 4.69. The molecular weight excluding hydrogens is 358 g/mol. The summed E-state index contributed by atoms with van der Waals surface area (Å²) >= 11 is 6.34. The highest BCUT2D eigenvalue weighted by Gasteiger charge is 2.16. The van der Waals surface area contributed by atoms with Gasteiger partial charge in [-0.2, -0.15) is 0 Å². The molecule has 2 heterocycles. The van der Waals surface area contributed by atoms with Crippen LogP contribution in [-0.4, -0.2) is 19.0 Å². The highest BCUT2D eigenvalue weighted by molar-refractivity contribution is 7.73. The van der Waals surface area contributed by atoms with E-state index in [9.17, 15) is 9.90 Å². The van der Waals surface area contributed by atoms with E-state index in [4.69, 9.17) is 12.2 Å². The number of thiazole rings is 1. The molecule has 0 atom stereocenters. The van der Waals surface area contributed by atoms with Crippen molar-refractivity contribution in [2.24, 2.45) is 17.3 Å². The monoisotopic (exact) mass is 375 g/mol. The summed E-state index contributed by atoms with van der Waals surface area (Å²) in [6.07, 6.45) is 0. The van der Waals surface area contributed by atoms with Crippen molar-refractivity contribution in [2.45, 2.75) is 20.4 Å². The molecule has 130 valence electrons. The smallest absolute Gasteiger partial charge is 0.299 e. The standard InChI is InChI=1S/C16H17N5O2S2/c1-4-20-15(23)13(25-16(20)24)18-17-12-10(2)19(3)21(14(12)22)11-8-6-5-7-9-11/h5-9,23H,4H2,1-3H3. The molecule has 0 fully saturated rings. The Balaban J connectivity index is 2.08. The van der Waals surface area contributed by atoms with Gasteiger partial charge in [0.05, 0.1) is 11.4 Å². The zero-order valence-electron chi connectivity index (χ0n) is 14.0. The molecule has 0 radical (unpaired) electrons. The molecule has 3 rings (SSSR count). The molecule has 0 bridgehead atoms. The number of aromatic nitrogens is 3. The molecule has 0 saturated heterocycles. The molecule has 0 aliphatic heterocycles. The van der Waals surface area contributed by atoms with Crippen LogP contribution >= 0.6 is 23.6 Å². The normalized spacial score (nSPS) is 11.5. The Hall–Kier alpha value is -2.52. The van der Waals surface area contributed by atoms with E-state index in [2.05, 4.69) is 10.2 Å². The summed E-state index contributed by atoms with van der Waals surface area (Å²) in [5.41, 5.74) is 1.38. The first-order valence-corrected chi connectivity index (χ1v) is 8.86. The van der Waals surface area contributed by atoms with Crippen LogP contribution in [0, 0.1) is 10.9 Å². The second-order valence-electron chi connectivity index (χ2n) is 5.35. The summed E-state index contributed by atoms with van der Waals surface area (Å²) in [7, 11) is 1.79. The van der Waals surface area contributed by atoms with Gasteiger partial charge in [-0.1, -0.05) is 29.5 Å². The first kappa shape index (κ1) is 17.3. The minimum absolute atomic E-state index is 0.0294. The van der Waals surface area contributed by atoms with E-state index in [1.54, 1.807) is 23.2 Å². The van der Waals surface area contributed by atoms with E-state index in [1.807, 2.05) is 37.3 Å². The Morgan fingerprint density at radius 1 is 1.24 bits per heavy atom. The van der Waals surface area contributed by atoms with Crippen LogP contribution in [0.2, 0.25) is 0 Å². The van der Waals surface area contributed by atoms with Crippen molar-refractivity contribution in [3.05, 3.63) is 50.3 Å². The molecule has 9 heteroatoms. The lowest BCUT2D eigenvalue weighted by Gasteiger charge is -2.07. The van der Waals surface area contributed by atoms with Gasteiger partial charge in [0, 0.05) is 13.6 Å². The highest BCUT2D eigenvalue weighted by Crippen LogP contribution is 2.35. The van der Waals surface area contributed by atoms with Crippen LogP contribution in [0.4, 0.5) is 10.7 Å². The molecule has 0 aliphatic carbocycles. The van der Waals surface area contributed by atoms with E-state index >= 15 is 0 Å². The Bertz CT molecular complexity index is 1060. The lowest BCUT2D eigenvalue weighted by atomic mass is 10.3. The average Bonchev–Trinajstić information content (AvgIpc) is 3.00. The van der Waals surface area contributed by atoms with Gasteiger partial charge in [0.25, 0.3) is 5.56 Å². The van der Waals surface area contributed by atoms with Gasteiger partial charge >= 0.3 is 0 Å². The molecule has 0 amide bonds. The lowest BCUT2D eigenvalue weighted by molar-refractivity contribution is 0.421. The molecule has 1 N–H and O–H groups in total. The molecule has 0 aliphatic rings. The van der Waals surface area contributed by atoms with Crippen LogP contribution in [0.1, 0.15) is 12.6 Å². The summed E-state index contributed by atoms with van der Waals surface area (Å²) in [5.74, 6) is -0.0294. The largest absolute Gasteiger partial charge is 0.492 e. The Morgan fingerprint density at radius 3 is 2.52 bits per heavy atom. The third-order valence-corrected chi connectivity index (χ3v) is 5.26. The summed E-state index contributed by atoms with van der Waals surface area (Å²) in [6.45, 7) is 4.22. The van der Waals surface area contributed by atoms with E-state index in [0.717, 1.165) is 17.0 Å². The van der Waals surface area contributed by atoms with Crippen molar-refractivity contribution in [2.75, 3.05) is 0 Å². The molecule has 3 aromatic rings. The third-order valence-electron chi connectivity index (χ3n) is 3.93. The first-order valence-electron chi connectivity index (χ1n) is 7.64. The Labute approximate surface area is 153 Å². The molecule has 0 spiro atoms. The number of para-hydroxylation sites is 1. The molecule has 0 unspecified atom stereocenters. The minimum Gasteiger partial charge on any atom is -0.492 e. The summed E-state index contributed by atoms with van der Waals surface area (Å²) in [5, 5.41) is 18.6. The van der Waals surface area contributed by atoms with Gasteiger partial charge in [-0.25, -0.2) is 4.68 Å². The lowest BCUT2D eigenvalue weighted by Crippen LogP contribution is -2.19. The van der Waals surface area contributed by atoms with Crippen molar-refractivity contribution >= 4 is 34.2 Å². The summed E-state index contributed by atoms with van der Waals surface area (Å²) < 4.78 is 5.34. The van der Waals surface area contributed by atoms with Gasteiger partial charge in [0.1, 0.15) is 0 Å². The fourth-order valence-corrected chi connectivity index (χ4v) is 3.72. The number of hydrogen-bond acceptors (Lipinski definition) is 6. The van der Waals surface area contributed by atoms with Crippen molar-refractivity contribution in [3.63, 3.8) is 0 Å². The van der Waals surface area contributed by atoms with Gasteiger partial charge in [-0.15, -0.1) is 10.2 Å². The first-order chi connectivity index (χ1) is 12.0. The number of aromatic hydroxyl groups is 1. The number of azo groups is 1. The minimum atomic E-state index is -0.270. The maximum Gasteiger partial charge on any atom is 0.299 e. The van der Waals surface area contributed by atoms with Crippen LogP contribution in [0.3, 0.4) is 0 Å². The molecule has 7 nitrogen and oxygen atoms in total. The molecule has 2 aromatic heterocycles. The second-order valence-corrected chi connectivity index (χ2v) is 6.97. The zero-order chi connectivity index (χ0) is 18.1. The topological polar surface area (TPSA) is 76.8 Å². The van der Waals surface area contributed by atoms with E-state index in [0.29, 0.717) is 21.2 Å². The molecule has 0 saturated carbocycles. The van der Waals surface area contributed by atoms with Gasteiger partial charge in [-0.3, -0.25) is 14.0 Å². The van der Waals surface area contributed by atoms with Crippen LogP contribution in [0.25, 0.3) is 5.69 Å².